The Balaban J connectivity index is 2.32. The first-order valence-corrected chi connectivity index (χ1v) is 7.57. The maximum Gasteiger partial charge on any atom is 0.354 e. The highest BCUT2D eigenvalue weighted by molar-refractivity contribution is 7.92. The molecule has 0 saturated carbocycles. The van der Waals surface area contributed by atoms with E-state index in [0.29, 0.717) is 12.4 Å². The maximum atomic E-state index is 12.2. The molecule has 0 aliphatic rings. The van der Waals surface area contributed by atoms with Crippen LogP contribution in [0.25, 0.3) is 0 Å². The zero-order valence-corrected chi connectivity index (χ0v) is 12.3. The van der Waals surface area contributed by atoms with Gasteiger partial charge in [-0.2, -0.15) is 8.42 Å². The van der Waals surface area contributed by atoms with Gasteiger partial charge in [-0.05, 0) is 26.0 Å². The van der Waals surface area contributed by atoms with Gasteiger partial charge in [-0.1, -0.05) is 0 Å². The molecule has 2 rings (SSSR count). The molecule has 0 aliphatic heterocycles. The smallest absolute Gasteiger partial charge is 0.354 e. The van der Waals surface area contributed by atoms with Crippen LogP contribution in [-0.4, -0.2) is 34.0 Å². The van der Waals surface area contributed by atoms with E-state index in [9.17, 15) is 13.2 Å². The molecular weight excluding hydrogens is 296 g/mol. The number of aromatic nitrogens is 3. The number of carbonyl (C=O) groups is 1. The monoisotopic (exact) mass is 310 g/mol. The van der Waals surface area contributed by atoms with Crippen LogP contribution in [0, 0.1) is 6.92 Å². The Morgan fingerprint density at radius 1 is 1.48 bits per heavy atom. The van der Waals surface area contributed by atoms with Crippen LogP contribution in [0.3, 0.4) is 0 Å². The minimum absolute atomic E-state index is 0.115. The molecule has 2 N–H and O–H groups in total. The molecule has 9 heteroatoms. The number of carboxylic acid groups (broad SMARTS) is 1. The van der Waals surface area contributed by atoms with Gasteiger partial charge in [-0.3, -0.25) is 4.72 Å². The van der Waals surface area contributed by atoms with E-state index in [1.165, 1.54) is 18.5 Å². The van der Waals surface area contributed by atoms with Gasteiger partial charge in [0.05, 0.1) is 5.69 Å². The van der Waals surface area contributed by atoms with Gasteiger partial charge in [-0.25, -0.2) is 14.8 Å². The summed E-state index contributed by atoms with van der Waals surface area (Å²) in [5.74, 6) is -0.652. The van der Waals surface area contributed by atoms with Crippen LogP contribution in [0.1, 0.15) is 23.2 Å². The van der Waals surface area contributed by atoms with E-state index < -0.39 is 16.0 Å². The molecular formula is C12H14N4O4S. The summed E-state index contributed by atoms with van der Waals surface area (Å²) in [6, 6.07) is 2.51. The minimum atomic E-state index is -3.87. The van der Waals surface area contributed by atoms with E-state index in [1.807, 2.05) is 6.92 Å². The number of hydrogen-bond acceptors (Lipinski definition) is 5. The third-order valence-corrected chi connectivity index (χ3v) is 4.05. The number of carboxylic acids is 1. The Hall–Kier alpha value is -2.42. The molecule has 0 amide bonds. The van der Waals surface area contributed by atoms with Crippen molar-refractivity contribution < 1.29 is 18.3 Å². The highest BCUT2D eigenvalue weighted by Gasteiger charge is 2.19. The number of imidazole rings is 1. The second kappa shape index (κ2) is 5.52. The summed E-state index contributed by atoms with van der Waals surface area (Å²) in [6.07, 6.45) is 2.65. The lowest BCUT2D eigenvalue weighted by Crippen LogP contribution is -2.14. The van der Waals surface area contributed by atoms with E-state index in [2.05, 4.69) is 14.7 Å². The Labute approximate surface area is 121 Å². The fraction of sp³-hybridized carbons (Fsp3) is 0.250. The van der Waals surface area contributed by atoms with Gasteiger partial charge >= 0.3 is 5.97 Å². The molecule has 0 aromatic carbocycles. The summed E-state index contributed by atoms with van der Waals surface area (Å²) < 4.78 is 28.4. The van der Waals surface area contributed by atoms with Crippen molar-refractivity contribution in [2.45, 2.75) is 25.4 Å². The molecule has 0 unspecified atom stereocenters. The molecule has 21 heavy (non-hydrogen) atoms. The topological polar surface area (TPSA) is 114 Å². The SMILES string of the molecule is CCn1cc(S(=O)(=O)Nc2ccnc(C(=O)O)c2)nc1C. The van der Waals surface area contributed by atoms with Crippen molar-refractivity contribution in [1.82, 2.24) is 14.5 Å². The Bertz CT molecular complexity index is 782. The van der Waals surface area contributed by atoms with Crippen LogP contribution >= 0.6 is 0 Å². The number of anilines is 1. The fourth-order valence-corrected chi connectivity index (χ4v) is 2.81. The Kier molecular flexibility index (Phi) is 3.94. The average Bonchev–Trinajstić information content (AvgIpc) is 2.80. The van der Waals surface area contributed by atoms with Crippen LogP contribution in [0.4, 0.5) is 5.69 Å². The van der Waals surface area contributed by atoms with Crippen LogP contribution < -0.4 is 4.72 Å². The zero-order valence-electron chi connectivity index (χ0n) is 11.4. The normalized spacial score (nSPS) is 11.3. The van der Waals surface area contributed by atoms with Crippen molar-refractivity contribution >= 4 is 21.7 Å². The van der Waals surface area contributed by atoms with Crippen molar-refractivity contribution in [3.63, 3.8) is 0 Å². The highest BCUT2D eigenvalue weighted by Crippen LogP contribution is 2.16. The molecule has 0 saturated heterocycles. The summed E-state index contributed by atoms with van der Waals surface area (Å²) in [6.45, 7) is 4.19. The largest absolute Gasteiger partial charge is 0.477 e. The summed E-state index contributed by atoms with van der Waals surface area (Å²) in [5, 5.41) is 8.73. The van der Waals surface area contributed by atoms with Gasteiger partial charge in [0.15, 0.2) is 5.03 Å². The van der Waals surface area contributed by atoms with Crippen LogP contribution in [-0.2, 0) is 16.6 Å². The third-order valence-electron chi connectivity index (χ3n) is 2.80. The number of aromatic carboxylic acids is 1. The van der Waals surface area contributed by atoms with E-state index in [4.69, 9.17) is 5.11 Å². The number of nitrogens with zero attached hydrogens (tertiary/aromatic N) is 3. The van der Waals surface area contributed by atoms with Crippen molar-refractivity contribution in [2.24, 2.45) is 0 Å². The molecule has 0 atom stereocenters. The third kappa shape index (κ3) is 3.19. The maximum absolute atomic E-state index is 12.2. The Morgan fingerprint density at radius 2 is 2.19 bits per heavy atom. The fourth-order valence-electron chi connectivity index (χ4n) is 1.75. The van der Waals surface area contributed by atoms with Gasteiger partial charge in [0.1, 0.15) is 11.5 Å². The molecule has 112 valence electrons. The molecule has 0 bridgehead atoms. The number of hydrogen-bond donors (Lipinski definition) is 2. The quantitative estimate of drug-likeness (QED) is 0.855. The second-order valence-corrected chi connectivity index (χ2v) is 5.88. The molecule has 0 aliphatic carbocycles. The number of pyridine rings is 1. The van der Waals surface area contributed by atoms with Gasteiger partial charge in [0, 0.05) is 18.9 Å². The van der Waals surface area contributed by atoms with Crippen molar-refractivity contribution in [1.29, 1.82) is 0 Å². The van der Waals surface area contributed by atoms with Crippen molar-refractivity contribution in [3.8, 4) is 0 Å². The molecule has 0 radical (unpaired) electrons. The number of aryl methyl sites for hydroxylation is 2. The van der Waals surface area contributed by atoms with Gasteiger partial charge in [0.2, 0.25) is 0 Å². The summed E-state index contributed by atoms with van der Waals surface area (Å²) >= 11 is 0. The van der Waals surface area contributed by atoms with Crippen molar-refractivity contribution in [2.75, 3.05) is 4.72 Å². The van der Waals surface area contributed by atoms with E-state index >= 15 is 0 Å². The van der Waals surface area contributed by atoms with Gasteiger partial charge in [-0.15, -0.1) is 0 Å². The molecule has 2 aromatic heterocycles. The van der Waals surface area contributed by atoms with Crippen LogP contribution in [0.5, 0.6) is 0 Å². The first kappa shape index (κ1) is 15.0. The molecule has 0 fully saturated rings. The van der Waals surface area contributed by atoms with E-state index in [1.54, 1.807) is 11.5 Å². The molecule has 0 spiro atoms. The lowest BCUT2D eigenvalue weighted by atomic mass is 10.3. The number of nitrogens with one attached hydrogen (secondary N) is 1. The minimum Gasteiger partial charge on any atom is -0.477 e. The number of sulfonamides is 1. The number of rotatable bonds is 5. The molecule has 2 heterocycles. The molecule has 2 aromatic rings. The van der Waals surface area contributed by atoms with E-state index in [0.717, 1.165) is 6.07 Å². The van der Waals surface area contributed by atoms with Crippen molar-refractivity contribution in [3.05, 3.63) is 36.0 Å². The van der Waals surface area contributed by atoms with E-state index in [-0.39, 0.29) is 16.4 Å². The lowest BCUT2D eigenvalue weighted by Gasteiger charge is -2.05. The highest BCUT2D eigenvalue weighted by atomic mass is 32.2. The average molecular weight is 310 g/mol. The first-order chi connectivity index (χ1) is 9.83. The van der Waals surface area contributed by atoms with Crippen LogP contribution in [0.15, 0.2) is 29.6 Å². The lowest BCUT2D eigenvalue weighted by molar-refractivity contribution is 0.0690. The standard InChI is InChI=1S/C12H14N4O4S/c1-3-16-7-11(14-8(16)2)21(19,20)15-9-4-5-13-10(6-9)12(17)18/h4-7H,3H2,1-2H3,(H,13,15)(H,17,18). The van der Waals surface area contributed by atoms with Gasteiger partial charge in [0.25, 0.3) is 10.0 Å². The second-order valence-electron chi connectivity index (χ2n) is 4.25. The molecule has 8 nitrogen and oxygen atoms in total. The zero-order chi connectivity index (χ0) is 15.6. The predicted molar refractivity (Wildman–Crippen MR) is 74.6 cm³/mol. The first-order valence-electron chi connectivity index (χ1n) is 6.09. The summed E-state index contributed by atoms with van der Waals surface area (Å²) in [4.78, 5) is 18.4. The Morgan fingerprint density at radius 3 is 2.76 bits per heavy atom. The summed E-state index contributed by atoms with van der Waals surface area (Å²) in [7, 11) is -3.87. The predicted octanol–water partition coefficient (Wildman–Crippen LogP) is 1.11. The van der Waals surface area contributed by atoms with Crippen LogP contribution in [0.2, 0.25) is 0 Å². The summed E-state index contributed by atoms with van der Waals surface area (Å²) in [5.41, 5.74) is -0.128. The van der Waals surface area contributed by atoms with Gasteiger partial charge < -0.3 is 9.67 Å².